The third-order valence-electron chi connectivity index (χ3n) is 5.88. The van der Waals surface area contributed by atoms with Crippen LogP contribution in [0.3, 0.4) is 0 Å². The highest BCUT2D eigenvalue weighted by molar-refractivity contribution is 7.11. The van der Waals surface area contributed by atoms with Gasteiger partial charge in [0.2, 0.25) is 0 Å². The largest absolute Gasteiger partial charge is 0.319 e. The van der Waals surface area contributed by atoms with E-state index in [9.17, 15) is 0 Å². The molecule has 0 saturated heterocycles. The van der Waals surface area contributed by atoms with Gasteiger partial charge in [-0.3, -0.25) is 0 Å². The molecular formula is C17H28N2S. The second-order valence-electron chi connectivity index (χ2n) is 7.53. The number of thiazole rings is 1. The van der Waals surface area contributed by atoms with Crippen molar-refractivity contribution in [2.45, 2.75) is 77.7 Å². The molecule has 1 atom stereocenters. The van der Waals surface area contributed by atoms with E-state index in [1.54, 1.807) is 0 Å². The van der Waals surface area contributed by atoms with Crippen LogP contribution in [0.1, 0.15) is 74.9 Å². The number of rotatable bonds is 3. The van der Waals surface area contributed by atoms with Crippen molar-refractivity contribution in [1.82, 2.24) is 4.98 Å². The number of hydrogen-bond donors (Lipinski definition) is 1. The molecule has 20 heavy (non-hydrogen) atoms. The van der Waals surface area contributed by atoms with Crippen LogP contribution in [0.5, 0.6) is 0 Å². The predicted molar refractivity (Wildman–Crippen MR) is 86.0 cm³/mol. The van der Waals surface area contributed by atoms with Crippen molar-refractivity contribution < 1.29 is 0 Å². The minimum absolute atomic E-state index is 0.0994. The Bertz CT molecular complexity index is 483. The first-order valence-corrected chi connectivity index (χ1v) is 9.04. The Kier molecular flexibility index (Phi) is 3.70. The lowest BCUT2D eigenvalue weighted by Gasteiger charge is -2.35. The Morgan fingerprint density at radius 1 is 1.35 bits per heavy atom. The van der Waals surface area contributed by atoms with Crippen LogP contribution in [0.15, 0.2) is 0 Å². The summed E-state index contributed by atoms with van der Waals surface area (Å²) in [5.74, 6) is 0.811. The van der Waals surface area contributed by atoms with E-state index in [1.807, 2.05) is 11.3 Å². The molecule has 0 radical (unpaired) electrons. The van der Waals surface area contributed by atoms with Crippen molar-refractivity contribution in [2.24, 2.45) is 17.1 Å². The molecule has 1 aromatic rings. The summed E-state index contributed by atoms with van der Waals surface area (Å²) in [6.07, 6.45) is 9.75. The van der Waals surface area contributed by atoms with Crippen LogP contribution in [0.25, 0.3) is 0 Å². The molecule has 1 fully saturated rings. The van der Waals surface area contributed by atoms with E-state index in [0.29, 0.717) is 5.41 Å². The molecule has 2 N–H and O–H groups in total. The molecule has 2 aliphatic rings. The Hall–Kier alpha value is -0.410. The molecule has 0 amide bonds. The van der Waals surface area contributed by atoms with E-state index >= 15 is 0 Å². The summed E-state index contributed by atoms with van der Waals surface area (Å²) < 4.78 is 0. The maximum atomic E-state index is 6.59. The fourth-order valence-electron chi connectivity index (χ4n) is 3.76. The lowest BCUT2D eigenvalue weighted by molar-refractivity contribution is 0.183. The smallest absolute Gasteiger partial charge is 0.113 e. The van der Waals surface area contributed by atoms with Crippen LogP contribution in [0, 0.1) is 11.3 Å². The van der Waals surface area contributed by atoms with Gasteiger partial charge in [-0.1, -0.05) is 40.0 Å². The second-order valence-corrected chi connectivity index (χ2v) is 8.62. The molecule has 1 saturated carbocycles. The average Bonchev–Trinajstić information content (AvgIpc) is 3.04. The first-order chi connectivity index (χ1) is 9.44. The van der Waals surface area contributed by atoms with Gasteiger partial charge in [-0.05, 0) is 43.4 Å². The minimum Gasteiger partial charge on any atom is -0.319 e. The summed E-state index contributed by atoms with van der Waals surface area (Å²) >= 11 is 1.93. The number of nitrogens with zero attached hydrogens (tertiary/aromatic N) is 1. The molecule has 3 rings (SSSR count). The number of aryl methyl sites for hydroxylation is 1. The third-order valence-corrected chi connectivity index (χ3v) is 7.22. The first kappa shape index (κ1) is 14.5. The predicted octanol–water partition coefficient (Wildman–Crippen LogP) is 4.41. The van der Waals surface area contributed by atoms with Gasteiger partial charge in [-0.15, -0.1) is 11.3 Å². The number of nitrogens with two attached hydrogens (primary N) is 1. The monoisotopic (exact) mass is 292 g/mol. The van der Waals surface area contributed by atoms with Gasteiger partial charge in [0.1, 0.15) is 5.01 Å². The summed E-state index contributed by atoms with van der Waals surface area (Å²) in [4.78, 5) is 6.48. The Morgan fingerprint density at radius 3 is 2.70 bits per heavy atom. The SMILES string of the molecule is CCC(C)(C)C1CCc2nc(C3(N)CCCC3)sc2C1. The summed E-state index contributed by atoms with van der Waals surface area (Å²) in [6, 6.07) is 0. The van der Waals surface area contributed by atoms with Gasteiger partial charge in [-0.25, -0.2) is 4.98 Å². The molecule has 0 spiro atoms. The summed E-state index contributed by atoms with van der Waals surface area (Å²) in [6.45, 7) is 7.17. The van der Waals surface area contributed by atoms with E-state index in [1.165, 1.54) is 47.7 Å². The summed E-state index contributed by atoms with van der Waals surface area (Å²) in [5.41, 5.74) is 8.31. The molecule has 1 aromatic heterocycles. The number of fused-ring (bicyclic) bond motifs is 1. The van der Waals surface area contributed by atoms with Gasteiger partial charge in [0, 0.05) is 4.88 Å². The fraction of sp³-hybridized carbons (Fsp3) is 0.824. The molecule has 1 heterocycles. The molecule has 1 unspecified atom stereocenters. The fourth-order valence-corrected chi connectivity index (χ4v) is 5.11. The van der Waals surface area contributed by atoms with E-state index in [0.717, 1.165) is 25.2 Å². The number of hydrogen-bond acceptors (Lipinski definition) is 3. The van der Waals surface area contributed by atoms with Crippen molar-refractivity contribution in [2.75, 3.05) is 0 Å². The molecule has 2 nitrogen and oxygen atoms in total. The molecule has 0 aliphatic heterocycles. The quantitative estimate of drug-likeness (QED) is 0.896. The van der Waals surface area contributed by atoms with Crippen LogP contribution in [-0.4, -0.2) is 4.98 Å². The summed E-state index contributed by atoms with van der Waals surface area (Å²) in [7, 11) is 0. The van der Waals surface area contributed by atoms with Crippen molar-refractivity contribution in [3.05, 3.63) is 15.6 Å². The Balaban J connectivity index is 1.83. The average molecular weight is 292 g/mol. The maximum Gasteiger partial charge on any atom is 0.113 e. The normalized spacial score (nSPS) is 25.7. The molecule has 3 heteroatoms. The van der Waals surface area contributed by atoms with Gasteiger partial charge in [0.05, 0.1) is 11.2 Å². The van der Waals surface area contributed by atoms with Gasteiger partial charge in [0.25, 0.3) is 0 Å². The van der Waals surface area contributed by atoms with E-state index in [4.69, 9.17) is 10.7 Å². The third kappa shape index (κ3) is 2.43. The lowest BCUT2D eigenvalue weighted by atomic mass is 9.70. The van der Waals surface area contributed by atoms with E-state index in [-0.39, 0.29) is 5.54 Å². The van der Waals surface area contributed by atoms with Crippen LogP contribution >= 0.6 is 11.3 Å². The summed E-state index contributed by atoms with van der Waals surface area (Å²) in [5, 5.41) is 1.23. The highest BCUT2D eigenvalue weighted by Gasteiger charge is 2.37. The zero-order valence-corrected chi connectivity index (χ0v) is 14.0. The molecule has 112 valence electrons. The Morgan fingerprint density at radius 2 is 2.05 bits per heavy atom. The van der Waals surface area contributed by atoms with E-state index < -0.39 is 0 Å². The standard InChI is InChI=1S/C17H28N2S/c1-4-16(2,3)12-7-8-13-14(11-12)20-15(19-13)17(18)9-5-6-10-17/h12H,4-11,18H2,1-3H3. The highest BCUT2D eigenvalue weighted by Crippen LogP contribution is 2.44. The van der Waals surface area contributed by atoms with Crippen molar-refractivity contribution in [1.29, 1.82) is 0 Å². The van der Waals surface area contributed by atoms with Gasteiger partial charge >= 0.3 is 0 Å². The molecule has 2 aliphatic carbocycles. The van der Waals surface area contributed by atoms with Gasteiger partial charge in [-0.2, -0.15) is 0 Å². The topological polar surface area (TPSA) is 38.9 Å². The van der Waals surface area contributed by atoms with Gasteiger partial charge in [0.15, 0.2) is 0 Å². The van der Waals surface area contributed by atoms with E-state index in [2.05, 4.69) is 20.8 Å². The number of aromatic nitrogens is 1. The minimum atomic E-state index is -0.0994. The van der Waals surface area contributed by atoms with Crippen LogP contribution in [0.4, 0.5) is 0 Å². The highest BCUT2D eigenvalue weighted by atomic mass is 32.1. The zero-order valence-electron chi connectivity index (χ0n) is 13.2. The van der Waals surface area contributed by atoms with Crippen LogP contribution < -0.4 is 5.73 Å². The van der Waals surface area contributed by atoms with Crippen LogP contribution in [0.2, 0.25) is 0 Å². The maximum absolute atomic E-state index is 6.59. The molecule has 0 bridgehead atoms. The zero-order chi connectivity index (χ0) is 14.4. The lowest BCUT2D eigenvalue weighted by Crippen LogP contribution is -2.32. The first-order valence-electron chi connectivity index (χ1n) is 8.22. The van der Waals surface area contributed by atoms with Crippen LogP contribution in [-0.2, 0) is 18.4 Å². The van der Waals surface area contributed by atoms with Gasteiger partial charge < -0.3 is 5.73 Å². The van der Waals surface area contributed by atoms with Crippen molar-refractivity contribution >= 4 is 11.3 Å². The second kappa shape index (κ2) is 5.10. The molecule has 0 aromatic carbocycles. The van der Waals surface area contributed by atoms with Crippen molar-refractivity contribution in [3.63, 3.8) is 0 Å². The molecular weight excluding hydrogens is 264 g/mol. The Labute approximate surface area is 127 Å². The van der Waals surface area contributed by atoms with Crippen molar-refractivity contribution in [3.8, 4) is 0 Å².